The minimum atomic E-state index is 0.869. The molecule has 3 heterocycles. The van der Waals surface area contributed by atoms with Gasteiger partial charge in [-0.15, -0.1) is 11.8 Å². The molecule has 0 bridgehead atoms. The van der Waals surface area contributed by atoms with Gasteiger partial charge in [0.2, 0.25) is 0 Å². The summed E-state index contributed by atoms with van der Waals surface area (Å²) in [5.41, 5.74) is 5.89. The summed E-state index contributed by atoms with van der Waals surface area (Å²) in [7, 11) is 0. The molecule has 4 rings (SSSR count). The van der Waals surface area contributed by atoms with Crippen LogP contribution in [0.3, 0.4) is 0 Å². The molecule has 0 N–H and O–H groups in total. The topological polar surface area (TPSA) is 41.9 Å². The fourth-order valence-corrected chi connectivity index (χ4v) is 4.45. The van der Waals surface area contributed by atoms with Gasteiger partial charge < -0.3 is 0 Å². The molecule has 0 atom stereocenters. The summed E-state index contributed by atoms with van der Waals surface area (Å²) in [5.74, 6) is 1.10. The maximum atomic E-state index is 4.70. The molecular formula is C22H24N4S2. The van der Waals surface area contributed by atoms with Gasteiger partial charge in [-0.25, -0.2) is 9.97 Å². The van der Waals surface area contributed by atoms with Crippen LogP contribution in [-0.4, -0.2) is 38.4 Å². The first-order valence-electron chi connectivity index (χ1n) is 9.54. The minimum Gasteiger partial charge on any atom is -0.294 e. The van der Waals surface area contributed by atoms with Crippen molar-refractivity contribution >= 4 is 23.5 Å². The molecule has 0 amide bonds. The van der Waals surface area contributed by atoms with E-state index in [1.54, 1.807) is 11.8 Å². The van der Waals surface area contributed by atoms with Crippen LogP contribution in [0.25, 0.3) is 11.3 Å². The molecule has 0 aliphatic carbocycles. The zero-order chi connectivity index (χ0) is 19.3. The van der Waals surface area contributed by atoms with E-state index in [1.807, 2.05) is 30.4 Å². The number of benzene rings is 1. The predicted molar refractivity (Wildman–Crippen MR) is 118 cm³/mol. The van der Waals surface area contributed by atoms with Gasteiger partial charge in [-0.1, -0.05) is 36.9 Å². The monoisotopic (exact) mass is 408 g/mol. The fourth-order valence-electron chi connectivity index (χ4n) is 3.43. The van der Waals surface area contributed by atoms with Gasteiger partial charge in [0, 0.05) is 54.5 Å². The second kappa shape index (κ2) is 9.07. The Morgan fingerprint density at radius 3 is 2.61 bits per heavy atom. The molecule has 0 spiro atoms. The lowest BCUT2D eigenvalue weighted by atomic mass is 10.1. The van der Waals surface area contributed by atoms with E-state index in [2.05, 4.69) is 58.2 Å². The summed E-state index contributed by atoms with van der Waals surface area (Å²) < 4.78 is 0. The van der Waals surface area contributed by atoms with E-state index in [9.17, 15) is 0 Å². The highest BCUT2D eigenvalue weighted by atomic mass is 32.2. The lowest BCUT2D eigenvalue weighted by Crippen LogP contribution is -2.31. The number of hydrogen-bond donors (Lipinski definition) is 0. The molecular weight excluding hydrogens is 384 g/mol. The Balaban J connectivity index is 1.40. The number of thioether (sulfide) groups is 2. The van der Waals surface area contributed by atoms with Gasteiger partial charge in [0.25, 0.3) is 0 Å². The van der Waals surface area contributed by atoms with Gasteiger partial charge in [-0.05, 0) is 35.8 Å². The third-order valence-corrected chi connectivity index (χ3v) is 6.32. The van der Waals surface area contributed by atoms with Crippen molar-refractivity contribution in [2.75, 3.05) is 18.6 Å². The van der Waals surface area contributed by atoms with Crippen LogP contribution in [0.4, 0.5) is 0 Å². The molecule has 28 heavy (non-hydrogen) atoms. The molecule has 0 saturated carbocycles. The summed E-state index contributed by atoms with van der Waals surface area (Å²) in [6.45, 7) is 5.01. The van der Waals surface area contributed by atoms with Crippen LogP contribution < -0.4 is 0 Å². The van der Waals surface area contributed by atoms with Crippen molar-refractivity contribution < 1.29 is 0 Å². The Kier molecular flexibility index (Phi) is 6.29. The molecule has 1 aromatic carbocycles. The lowest BCUT2D eigenvalue weighted by Gasteiger charge is -2.27. The second-order valence-electron chi connectivity index (χ2n) is 6.80. The standard InChI is InChI=1S/C22H24N4S2/c1-3-28-19-7-5-17(6-8-19)20-9-4-16(12-23-20)14-26-11-10-21-18(15-26)13-24-22(25-21)27-2/h4-9,12-13H,3,10-11,14-15H2,1-2H3. The quantitative estimate of drug-likeness (QED) is 0.425. The van der Waals surface area contributed by atoms with Crippen LogP contribution in [0.5, 0.6) is 0 Å². The Labute approximate surface area is 175 Å². The molecule has 0 unspecified atom stereocenters. The normalized spacial score (nSPS) is 14.1. The number of hydrogen-bond acceptors (Lipinski definition) is 6. The predicted octanol–water partition coefficient (Wildman–Crippen LogP) is 4.93. The molecule has 6 heteroatoms. The molecule has 0 fully saturated rings. The molecule has 2 aromatic heterocycles. The lowest BCUT2D eigenvalue weighted by molar-refractivity contribution is 0.242. The number of aromatic nitrogens is 3. The Hall–Kier alpha value is -1.89. The number of rotatable bonds is 6. The number of nitrogens with zero attached hydrogens (tertiary/aromatic N) is 4. The highest BCUT2D eigenvalue weighted by Crippen LogP contribution is 2.24. The maximum Gasteiger partial charge on any atom is 0.187 e. The molecule has 1 aliphatic rings. The molecule has 0 radical (unpaired) electrons. The molecule has 0 saturated heterocycles. The van der Waals surface area contributed by atoms with Crippen molar-refractivity contribution in [3.05, 3.63) is 65.6 Å². The van der Waals surface area contributed by atoms with E-state index in [0.717, 1.165) is 42.7 Å². The summed E-state index contributed by atoms with van der Waals surface area (Å²) in [6, 6.07) is 13.0. The maximum absolute atomic E-state index is 4.70. The number of fused-ring (bicyclic) bond motifs is 1. The third kappa shape index (κ3) is 4.57. The minimum absolute atomic E-state index is 0.869. The van der Waals surface area contributed by atoms with Crippen molar-refractivity contribution in [3.63, 3.8) is 0 Å². The van der Waals surface area contributed by atoms with Gasteiger partial charge in [-0.3, -0.25) is 9.88 Å². The zero-order valence-corrected chi connectivity index (χ0v) is 17.9. The summed E-state index contributed by atoms with van der Waals surface area (Å²) in [6.07, 6.45) is 7.00. The number of pyridine rings is 1. The van der Waals surface area contributed by atoms with E-state index in [-0.39, 0.29) is 0 Å². The molecule has 4 nitrogen and oxygen atoms in total. The van der Waals surface area contributed by atoms with Crippen molar-refractivity contribution in [1.29, 1.82) is 0 Å². The van der Waals surface area contributed by atoms with Gasteiger partial charge in [0.05, 0.1) is 11.4 Å². The third-order valence-electron chi connectivity index (χ3n) is 4.87. The van der Waals surface area contributed by atoms with Crippen molar-refractivity contribution in [3.8, 4) is 11.3 Å². The van der Waals surface area contributed by atoms with Gasteiger partial charge >= 0.3 is 0 Å². The van der Waals surface area contributed by atoms with Gasteiger partial charge in [0.15, 0.2) is 5.16 Å². The van der Waals surface area contributed by atoms with Gasteiger partial charge in [0.1, 0.15) is 0 Å². The highest BCUT2D eigenvalue weighted by molar-refractivity contribution is 7.99. The molecule has 3 aromatic rings. The molecule has 1 aliphatic heterocycles. The summed E-state index contributed by atoms with van der Waals surface area (Å²) in [4.78, 5) is 17.5. The van der Waals surface area contributed by atoms with Crippen molar-refractivity contribution in [2.24, 2.45) is 0 Å². The van der Waals surface area contributed by atoms with Crippen LogP contribution in [-0.2, 0) is 19.5 Å². The van der Waals surface area contributed by atoms with Gasteiger partial charge in [-0.2, -0.15) is 0 Å². The Bertz CT molecular complexity index is 926. The van der Waals surface area contributed by atoms with Crippen LogP contribution in [0.15, 0.2) is 58.8 Å². The van der Waals surface area contributed by atoms with E-state index < -0.39 is 0 Å². The van der Waals surface area contributed by atoms with Crippen molar-refractivity contribution in [1.82, 2.24) is 19.9 Å². The van der Waals surface area contributed by atoms with Crippen LogP contribution in [0, 0.1) is 0 Å². The van der Waals surface area contributed by atoms with E-state index >= 15 is 0 Å². The van der Waals surface area contributed by atoms with Crippen LogP contribution in [0.1, 0.15) is 23.7 Å². The van der Waals surface area contributed by atoms with E-state index in [1.165, 1.54) is 27.3 Å². The first-order valence-corrected chi connectivity index (χ1v) is 11.8. The largest absolute Gasteiger partial charge is 0.294 e. The Morgan fingerprint density at radius 2 is 1.89 bits per heavy atom. The smallest absolute Gasteiger partial charge is 0.187 e. The van der Waals surface area contributed by atoms with Crippen molar-refractivity contribution in [2.45, 2.75) is 36.5 Å². The zero-order valence-electron chi connectivity index (χ0n) is 16.3. The van der Waals surface area contributed by atoms with Crippen LogP contribution >= 0.6 is 23.5 Å². The first kappa shape index (κ1) is 19.4. The van der Waals surface area contributed by atoms with E-state index in [4.69, 9.17) is 4.98 Å². The average molecular weight is 409 g/mol. The summed E-state index contributed by atoms with van der Waals surface area (Å²) >= 11 is 3.46. The SMILES string of the molecule is CCSc1ccc(-c2ccc(CN3CCc4nc(SC)ncc4C3)cn2)cc1. The Morgan fingerprint density at radius 1 is 1.04 bits per heavy atom. The second-order valence-corrected chi connectivity index (χ2v) is 8.91. The average Bonchev–Trinajstić information content (AvgIpc) is 2.75. The van der Waals surface area contributed by atoms with E-state index in [0.29, 0.717) is 0 Å². The summed E-state index contributed by atoms with van der Waals surface area (Å²) in [5, 5.41) is 0.869. The highest BCUT2D eigenvalue weighted by Gasteiger charge is 2.18. The molecule has 144 valence electrons. The first-order chi connectivity index (χ1) is 13.7. The fraction of sp³-hybridized carbons (Fsp3) is 0.318. The van der Waals surface area contributed by atoms with Crippen LogP contribution in [0.2, 0.25) is 0 Å².